The molecule has 126 valence electrons. The fraction of sp³-hybridized carbons (Fsp3) is 0.947. The lowest BCUT2D eigenvalue weighted by molar-refractivity contribution is -0.157. The minimum absolute atomic E-state index is 0.275. The maximum Gasteiger partial charge on any atom is 0.191 e. The number of Topliss-reactive ketones (excluding diaryl/α,β-unsaturated/α-hetero) is 1. The van der Waals surface area contributed by atoms with Crippen LogP contribution in [0.1, 0.15) is 53.4 Å². The third-order valence-electron chi connectivity index (χ3n) is 7.62. The first-order chi connectivity index (χ1) is 10.1. The normalized spacial score (nSPS) is 41.8. The summed E-state index contributed by atoms with van der Waals surface area (Å²) in [5, 5.41) is 0.275. The number of hydrogen-bond donors (Lipinski definition) is 0. The number of rotatable bonds is 3. The highest BCUT2D eigenvalue weighted by molar-refractivity contribution is 6.74. The zero-order chi connectivity index (χ0) is 16.3. The lowest BCUT2D eigenvalue weighted by Gasteiger charge is -2.57. The first-order valence-corrected chi connectivity index (χ1v) is 12.2. The van der Waals surface area contributed by atoms with Gasteiger partial charge in [0, 0.05) is 18.4 Å². The maximum atomic E-state index is 12.7. The summed E-state index contributed by atoms with van der Waals surface area (Å²) in [5.74, 6) is 3.82. The molecule has 4 saturated carbocycles. The van der Waals surface area contributed by atoms with Crippen molar-refractivity contribution in [2.24, 2.45) is 35.5 Å². The molecular weight excluding hydrogens is 288 g/mol. The second-order valence-corrected chi connectivity index (χ2v) is 14.5. The lowest BCUT2D eigenvalue weighted by Crippen LogP contribution is -2.58. The fourth-order valence-electron chi connectivity index (χ4n) is 5.21. The first kappa shape index (κ1) is 16.7. The number of carbonyl (C=O) groups is 1. The van der Waals surface area contributed by atoms with Crippen LogP contribution in [-0.2, 0) is 9.22 Å². The molecule has 0 N–H and O–H groups in total. The molecule has 0 spiro atoms. The second-order valence-electron chi connectivity index (χ2n) is 9.71. The van der Waals surface area contributed by atoms with Gasteiger partial charge < -0.3 is 4.43 Å². The number of ketones is 1. The van der Waals surface area contributed by atoms with Gasteiger partial charge >= 0.3 is 0 Å². The van der Waals surface area contributed by atoms with Crippen LogP contribution >= 0.6 is 0 Å². The van der Waals surface area contributed by atoms with Gasteiger partial charge in [-0.3, -0.25) is 4.79 Å². The Morgan fingerprint density at radius 1 is 1.18 bits per heavy atom. The Kier molecular flexibility index (Phi) is 4.13. The van der Waals surface area contributed by atoms with Crippen molar-refractivity contribution in [2.75, 3.05) is 6.61 Å². The summed E-state index contributed by atoms with van der Waals surface area (Å²) in [6, 6.07) is 0. The molecule has 4 aliphatic rings. The van der Waals surface area contributed by atoms with Crippen molar-refractivity contribution in [3.8, 4) is 0 Å². The van der Waals surface area contributed by atoms with E-state index < -0.39 is 8.32 Å². The summed E-state index contributed by atoms with van der Waals surface area (Å²) in [6.07, 6.45) is 5.18. The Bertz CT molecular complexity index is 449. The minimum atomic E-state index is -1.68. The van der Waals surface area contributed by atoms with Gasteiger partial charge in [-0.15, -0.1) is 0 Å². The SMILES string of the molecule is C[C@@H]1C(=O)[C@@H]2[C@H]3CCC[C@@H]2[C@@H](CO[Si](C)(C)C(C)(C)C)[C@@H]1C3. The van der Waals surface area contributed by atoms with E-state index in [1.54, 1.807) is 0 Å². The van der Waals surface area contributed by atoms with Gasteiger partial charge in [0.05, 0.1) is 0 Å². The van der Waals surface area contributed by atoms with E-state index in [1.807, 2.05) is 0 Å². The quantitative estimate of drug-likeness (QED) is 0.691. The number of carbonyl (C=O) groups excluding carboxylic acids is 1. The summed E-state index contributed by atoms with van der Waals surface area (Å²) in [5.41, 5.74) is 0. The van der Waals surface area contributed by atoms with E-state index >= 15 is 0 Å². The van der Waals surface area contributed by atoms with Gasteiger partial charge in [0.2, 0.25) is 0 Å². The van der Waals surface area contributed by atoms with Crippen LogP contribution in [0.5, 0.6) is 0 Å². The summed E-state index contributed by atoms with van der Waals surface area (Å²) in [4.78, 5) is 12.7. The molecule has 4 fully saturated rings. The molecule has 3 heteroatoms. The molecule has 4 aliphatic carbocycles. The molecule has 0 aromatic rings. The molecular formula is C19H34O2Si. The largest absolute Gasteiger partial charge is 0.417 e. The molecule has 0 unspecified atom stereocenters. The lowest BCUT2D eigenvalue weighted by atomic mass is 9.47. The van der Waals surface area contributed by atoms with Gasteiger partial charge in [0.15, 0.2) is 8.32 Å². The van der Waals surface area contributed by atoms with Crippen LogP contribution < -0.4 is 0 Å². The Morgan fingerprint density at radius 2 is 1.86 bits per heavy atom. The molecule has 0 heterocycles. The van der Waals surface area contributed by atoms with E-state index in [1.165, 1.54) is 25.7 Å². The average molecular weight is 323 g/mol. The van der Waals surface area contributed by atoms with E-state index in [0.29, 0.717) is 35.4 Å². The van der Waals surface area contributed by atoms with Crippen LogP contribution in [0.25, 0.3) is 0 Å². The molecule has 0 saturated heterocycles. The molecule has 22 heavy (non-hydrogen) atoms. The first-order valence-electron chi connectivity index (χ1n) is 9.31. The highest BCUT2D eigenvalue weighted by Crippen LogP contribution is 2.58. The van der Waals surface area contributed by atoms with E-state index in [9.17, 15) is 4.79 Å². The summed E-state index contributed by atoms with van der Waals surface area (Å²) in [7, 11) is -1.68. The van der Waals surface area contributed by atoms with Gasteiger partial charge in [-0.05, 0) is 61.1 Å². The maximum absolute atomic E-state index is 12.7. The molecule has 0 aliphatic heterocycles. The van der Waals surface area contributed by atoms with Crippen molar-refractivity contribution in [3.05, 3.63) is 0 Å². The minimum Gasteiger partial charge on any atom is -0.417 e. The molecule has 0 aromatic carbocycles. The topological polar surface area (TPSA) is 26.3 Å². The molecule has 6 atom stereocenters. The van der Waals surface area contributed by atoms with Crippen molar-refractivity contribution in [1.29, 1.82) is 0 Å². The van der Waals surface area contributed by atoms with Crippen molar-refractivity contribution in [1.82, 2.24) is 0 Å². The van der Waals surface area contributed by atoms with Crippen molar-refractivity contribution >= 4 is 14.1 Å². The standard InChI is InChI=1S/C19H34O2Si/c1-12-15-10-13-8-7-9-14(17(13)18(12)20)16(15)11-21-22(5,6)19(2,3)4/h12-17H,7-11H2,1-6H3/t12-,13-,14+,15+,16+,17+/m0/s1. The van der Waals surface area contributed by atoms with E-state index in [4.69, 9.17) is 4.43 Å². The highest BCUT2D eigenvalue weighted by atomic mass is 28.4. The van der Waals surface area contributed by atoms with E-state index in [-0.39, 0.29) is 11.0 Å². The van der Waals surface area contributed by atoms with Crippen LogP contribution in [0.3, 0.4) is 0 Å². The van der Waals surface area contributed by atoms with Gasteiger partial charge in [0.25, 0.3) is 0 Å². The van der Waals surface area contributed by atoms with Crippen LogP contribution in [-0.4, -0.2) is 20.7 Å². The third-order valence-corrected chi connectivity index (χ3v) is 12.1. The van der Waals surface area contributed by atoms with Crippen LogP contribution in [0.15, 0.2) is 0 Å². The molecule has 2 nitrogen and oxygen atoms in total. The fourth-order valence-corrected chi connectivity index (χ4v) is 6.25. The Morgan fingerprint density at radius 3 is 2.50 bits per heavy atom. The summed E-state index contributed by atoms with van der Waals surface area (Å²) >= 11 is 0. The van der Waals surface area contributed by atoms with Crippen molar-refractivity contribution < 1.29 is 9.22 Å². The Labute approximate surface area is 137 Å². The summed E-state index contributed by atoms with van der Waals surface area (Å²) < 4.78 is 6.59. The van der Waals surface area contributed by atoms with Gasteiger partial charge in [-0.25, -0.2) is 0 Å². The van der Waals surface area contributed by atoms with Crippen LogP contribution in [0, 0.1) is 35.5 Å². The zero-order valence-corrected chi connectivity index (χ0v) is 16.3. The second kappa shape index (κ2) is 5.44. The number of fused-ring (bicyclic) bond motifs is 1. The van der Waals surface area contributed by atoms with Gasteiger partial charge in [-0.2, -0.15) is 0 Å². The van der Waals surface area contributed by atoms with Crippen molar-refractivity contribution in [2.45, 2.75) is 71.5 Å². The van der Waals surface area contributed by atoms with Crippen LogP contribution in [0.4, 0.5) is 0 Å². The average Bonchev–Trinajstić information content (AvgIpc) is 2.41. The Balaban J connectivity index is 1.76. The molecule has 0 amide bonds. The smallest absolute Gasteiger partial charge is 0.191 e. The predicted octanol–water partition coefficient (Wildman–Crippen LogP) is 4.90. The highest BCUT2D eigenvalue weighted by Gasteiger charge is 2.57. The van der Waals surface area contributed by atoms with E-state index in [2.05, 4.69) is 40.8 Å². The Hall–Kier alpha value is -0.153. The molecule has 0 aromatic heterocycles. The molecule has 4 bridgehead atoms. The van der Waals surface area contributed by atoms with Crippen LogP contribution in [0.2, 0.25) is 18.1 Å². The monoisotopic (exact) mass is 322 g/mol. The zero-order valence-electron chi connectivity index (χ0n) is 15.3. The predicted molar refractivity (Wildman–Crippen MR) is 93.2 cm³/mol. The van der Waals surface area contributed by atoms with Gasteiger partial charge in [-0.1, -0.05) is 34.1 Å². The number of hydrogen-bond acceptors (Lipinski definition) is 2. The van der Waals surface area contributed by atoms with Gasteiger partial charge in [0.1, 0.15) is 5.78 Å². The molecule has 4 rings (SSSR count). The van der Waals surface area contributed by atoms with Crippen molar-refractivity contribution in [3.63, 3.8) is 0 Å². The third kappa shape index (κ3) is 2.52. The summed E-state index contributed by atoms with van der Waals surface area (Å²) in [6.45, 7) is 14.7. The van der Waals surface area contributed by atoms with E-state index in [0.717, 1.165) is 6.61 Å². The molecule has 0 radical (unpaired) electrons.